The van der Waals surface area contributed by atoms with Crippen molar-refractivity contribution in [2.24, 2.45) is 5.41 Å². The number of nitrogens with one attached hydrogen (secondary N) is 1. The van der Waals surface area contributed by atoms with Gasteiger partial charge < -0.3 is 5.11 Å². The van der Waals surface area contributed by atoms with E-state index in [0.717, 1.165) is 19.3 Å². The van der Waals surface area contributed by atoms with Gasteiger partial charge in [0.2, 0.25) is 10.0 Å². The maximum atomic E-state index is 11.8. The van der Waals surface area contributed by atoms with E-state index in [-0.39, 0.29) is 13.0 Å². The van der Waals surface area contributed by atoms with E-state index >= 15 is 0 Å². The van der Waals surface area contributed by atoms with E-state index in [4.69, 9.17) is 10.4 Å². The molecule has 1 unspecified atom stereocenters. The quantitative estimate of drug-likeness (QED) is 0.764. The van der Waals surface area contributed by atoms with Crippen LogP contribution in [-0.4, -0.2) is 31.3 Å². The fourth-order valence-electron chi connectivity index (χ4n) is 2.49. The lowest BCUT2D eigenvalue weighted by Crippen LogP contribution is -2.42. The van der Waals surface area contributed by atoms with Crippen molar-refractivity contribution in [3.63, 3.8) is 0 Å². The van der Waals surface area contributed by atoms with Crippen molar-refractivity contribution in [1.29, 1.82) is 5.26 Å². The van der Waals surface area contributed by atoms with Gasteiger partial charge in [0.25, 0.3) is 0 Å². The summed E-state index contributed by atoms with van der Waals surface area (Å²) >= 11 is 0. The van der Waals surface area contributed by atoms with Gasteiger partial charge in [0, 0.05) is 6.54 Å². The Kier molecular flexibility index (Phi) is 5.32. The minimum absolute atomic E-state index is 0.0313. The number of carbonyl (C=O) groups is 1. The molecule has 1 saturated carbocycles. The van der Waals surface area contributed by atoms with Crippen LogP contribution in [-0.2, 0) is 14.8 Å². The van der Waals surface area contributed by atoms with Crippen LogP contribution in [0.5, 0.6) is 0 Å². The van der Waals surface area contributed by atoms with Crippen LogP contribution in [0.1, 0.15) is 45.4 Å². The van der Waals surface area contributed by atoms with Crippen molar-refractivity contribution in [3.05, 3.63) is 0 Å². The van der Waals surface area contributed by atoms with E-state index in [1.165, 1.54) is 6.92 Å². The van der Waals surface area contributed by atoms with Crippen molar-refractivity contribution in [1.82, 2.24) is 4.72 Å². The third-order valence-electron chi connectivity index (χ3n) is 3.74. The smallest absolute Gasteiger partial charge is 0.303 e. The van der Waals surface area contributed by atoms with Crippen LogP contribution in [0.4, 0.5) is 0 Å². The zero-order chi connectivity index (χ0) is 14.5. The number of carboxylic acids is 1. The molecule has 19 heavy (non-hydrogen) atoms. The van der Waals surface area contributed by atoms with Gasteiger partial charge in [-0.25, -0.2) is 13.1 Å². The summed E-state index contributed by atoms with van der Waals surface area (Å²) in [6.07, 6.45) is 4.29. The SMILES string of the molecule is CC(C#N)S(=O)(=O)NCC1(CC(=O)O)CCCCC1. The third kappa shape index (κ3) is 4.48. The minimum Gasteiger partial charge on any atom is -0.481 e. The Labute approximate surface area is 113 Å². The lowest BCUT2D eigenvalue weighted by atomic mass is 9.72. The number of hydrogen-bond donors (Lipinski definition) is 2. The van der Waals surface area contributed by atoms with Gasteiger partial charge in [-0.1, -0.05) is 19.3 Å². The third-order valence-corrected chi connectivity index (χ3v) is 5.32. The molecule has 1 atom stereocenters. The van der Waals surface area contributed by atoms with Gasteiger partial charge in [-0.3, -0.25) is 4.79 Å². The second kappa shape index (κ2) is 6.35. The summed E-state index contributed by atoms with van der Waals surface area (Å²) in [7, 11) is -3.69. The summed E-state index contributed by atoms with van der Waals surface area (Å²) in [5, 5.41) is 16.5. The normalized spacial score (nSPS) is 20.4. The average molecular weight is 288 g/mol. The summed E-state index contributed by atoms with van der Waals surface area (Å²) in [6.45, 7) is 1.42. The molecule has 0 aliphatic heterocycles. The van der Waals surface area contributed by atoms with E-state index in [1.54, 1.807) is 6.07 Å². The summed E-state index contributed by atoms with van der Waals surface area (Å²) in [5.41, 5.74) is -0.508. The van der Waals surface area contributed by atoms with Gasteiger partial charge in [-0.2, -0.15) is 5.26 Å². The van der Waals surface area contributed by atoms with Crippen molar-refractivity contribution >= 4 is 16.0 Å². The Hall–Kier alpha value is -1.13. The van der Waals surface area contributed by atoms with E-state index in [1.807, 2.05) is 0 Å². The number of carboxylic acid groups (broad SMARTS) is 1. The summed E-state index contributed by atoms with van der Waals surface area (Å²) in [6, 6.07) is 1.68. The first-order valence-corrected chi connectivity index (χ1v) is 7.96. The number of hydrogen-bond acceptors (Lipinski definition) is 4. The molecule has 2 N–H and O–H groups in total. The zero-order valence-corrected chi connectivity index (χ0v) is 11.9. The molecule has 0 aromatic rings. The van der Waals surface area contributed by atoms with Crippen LogP contribution in [0.15, 0.2) is 0 Å². The highest BCUT2D eigenvalue weighted by Crippen LogP contribution is 2.39. The van der Waals surface area contributed by atoms with Crippen molar-refractivity contribution in [2.75, 3.05) is 6.54 Å². The maximum absolute atomic E-state index is 11.8. The molecule has 108 valence electrons. The lowest BCUT2D eigenvalue weighted by molar-refractivity contribution is -0.140. The number of sulfonamides is 1. The topological polar surface area (TPSA) is 107 Å². The molecule has 0 bridgehead atoms. The van der Waals surface area contributed by atoms with Gasteiger partial charge in [0.05, 0.1) is 12.5 Å². The molecule has 7 heteroatoms. The van der Waals surface area contributed by atoms with Gasteiger partial charge in [0.15, 0.2) is 5.25 Å². The molecule has 0 aromatic heterocycles. The van der Waals surface area contributed by atoms with Gasteiger partial charge in [-0.15, -0.1) is 0 Å². The largest absolute Gasteiger partial charge is 0.481 e. The molecular weight excluding hydrogens is 268 g/mol. The monoisotopic (exact) mass is 288 g/mol. The van der Waals surface area contributed by atoms with Gasteiger partial charge >= 0.3 is 5.97 Å². The second-order valence-corrected chi connectivity index (χ2v) is 7.35. The van der Waals surface area contributed by atoms with Crippen molar-refractivity contribution in [3.8, 4) is 6.07 Å². The molecule has 1 fully saturated rings. The predicted molar refractivity (Wildman–Crippen MR) is 69.8 cm³/mol. The minimum atomic E-state index is -3.69. The average Bonchev–Trinajstić information content (AvgIpc) is 2.36. The molecule has 0 spiro atoms. The number of nitriles is 1. The zero-order valence-electron chi connectivity index (χ0n) is 11.1. The first-order valence-electron chi connectivity index (χ1n) is 6.41. The molecular formula is C12H20N2O4S. The van der Waals surface area contributed by atoms with Crippen LogP contribution >= 0.6 is 0 Å². The van der Waals surface area contributed by atoms with Crippen molar-refractivity contribution in [2.45, 2.75) is 50.7 Å². The Bertz CT molecular complexity index is 461. The first kappa shape index (κ1) is 15.9. The van der Waals surface area contributed by atoms with Crippen LogP contribution in [0.25, 0.3) is 0 Å². The molecule has 0 radical (unpaired) electrons. The molecule has 0 saturated heterocycles. The second-order valence-electron chi connectivity index (χ2n) is 5.27. The van der Waals surface area contributed by atoms with Crippen molar-refractivity contribution < 1.29 is 18.3 Å². The highest BCUT2D eigenvalue weighted by molar-refractivity contribution is 7.90. The summed E-state index contributed by atoms with van der Waals surface area (Å²) in [5.74, 6) is -0.908. The van der Waals surface area contributed by atoms with E-state index in [2.05, 4.69) is 4.72 Å². The van der Waals surface area contributed by atoms with Crippen LogP contribution in [0.3, 0.4) is 0 Å². The molecule has 1 aliphatic carbocycles. The lowest BCUT2D eigenvalue weighted by Gasteiger charge is -2.36. The molecule has 6 nitrogen and oxygen atoms in total. The highest BCUT2D eigenvalue weighted by atomic mass is 32.2. The van der Waals surface area contributed by atoms with Crippen LogP contribution in [0.2, 0.25) is 0 Å². The standard InChI is InChI=1S/C12H20N2O4S/c1-10(8-13)19(17,18)14-9-12(7-11(15)16)5-3-2-4-6-12/h10,14H,2-7,9H2,1H3,(H,15,16). The molecule has 0 amide bonds. The van der Waals surface area contributed by atoms with Crippen LogP contribution in [0, 0.1) is 16.7 Å². The maximum Gasteiger partial charge on any atom is 0.303 e. The Morgan fingerprint density at radius 3 is 2.47 bits per heavy atom. The molecule has 1 rings (SSSR count). The predicted octanol–water partition coefficient (Wildman–Crippen LogP) is 1.24. The van der Waals surface area contributed by atoms with Gasteiger partial charge in [0.1, 0.15) is 0 Å². The Balaban J connectivity index is 2.74. The van der Waals surface area contributed by atoms with E-state index in [0.29, 0.717) is 12.8 Å². The fourth-order valence-corrected chi connectivity index (χ4v) is 3.38. The summed E-state index contributed by atoms with van der Waals surface area (Å²) in [4.78, 5) is 11.0. The molecule has 1 aliphatic rings. The highest BCUT2D eigenvalue weighted by Gasteiger charge is 2.36. The Morgan fingerprint density at radius 2 is 2.00 bits per heavy atom. The van der Waals surface area contributed by atoms with E-state index in [9.17, 15) is 13.2 Å². The molecule has 0 aromatic carbocycles. The summed E-state index contributed by atoms with van der Waals surface area (Å²) < 4.78 is 25.9. The Morgan fingerprint density at radius 1 is 1.42 bits per heavy atom. The number of rotatable bonds is 6. The fraction of sp³-hybridized carbons (Fsp3) is 0.833. The van der Waals surface area contributed by atoms with Crippen LogP contribution < -0.4 is 4.72 Å². The number of nitrogens with zero attached hydrogens (tertiary/aromatic N) is 1. The first-order chi connectivity index (χ1) is 8.81. The van der Waals surface area contributed by atoms with Gasteiger partial charge in [-0.05, 0) is 25.2 Å². The van der Waals surface area contributed by atoms with E-state index < -0.39 is 26.7 Å². The molecule has 0 heterocycles. The number of aliphatic carboxylic acids is 1.